The normalized spacial score (nSPS) is 10.5. The van der Waals surface area contributed by atoms with Gasteiger partial charge < -0.3 is 9.67 Å². The van der Waals surface area contributed by atoms with Crippen molar-refractivity contribution in [3.8, 4) is 17.0 Å². The standard InChI is InChI=1S/C19H15NO3/c1-20-15(13-8-4-2-5-9-13)12-16(21)17(19(20)23)18(22)14-10-6-3-7-11-14/h2-12,21H,1H3. The van der Waals surface area contributed by atoms with Gasteiger partial charge in [-0.2, -0.15) is 0 Å². The van der Waals surface area contributed by atoms with Gasteiger partial charge in [-0.05, 0) is 5.56 Å². The lowest BCUT2D eigenvalue weighted by Gasteiger charge is -2.12. The van der Waals surface area contributed by atoms with Crippen molar-refractivity contribution in [3.63, 3.8) is 0 Å². The Bertz CT molecular complexity index is 913. The summed E-state index contributed by atoms with van der Waals surface area (Å²) >= 11 is 0. The average Bonchev–Trinajstić information content (AvgIpc) is 2.59. The number of ketones is 1. The summed E-state index contributed by atoms with van der Waals surface area (Å²) in [7, 11) is 1.59. The van der Waals surface area contributed by atoms with Crippen LogP contribution in [0.4, 0.5) is 0 Å². The quantitative estimate of drug-likeness (QED) is 0.757. The molecule has 0 saturated carbocycles. The van der Waals surface area contributed by atoms with Crippen LogP contribution in [-0.2, 0) is 7.05 Å². The highest BCUT2D eigenvalue weighted by Crippen LogP contribution is 2.24. The topological polar surface area (TPSA) is 59.3 Å². The lowest BCUT2D eigenvalue weighted by Crippen LogP contribution is -2.26. The number of hydrogen-bond acceptors (Lipinski definition) is 3. The van der Waals surface area contributed by atoms with Crippen LogP contribution in [0.1, 0.15) is 15.9 Å². The van der Waals surface area contributed by atoms with Crippen LogP contribution >= 0.6 is 0 Å². The molecule has 0 unspecified atom stereocenters. The van der Waals surface area contributed by atoms with E-state index in [1.807, 2.05) is 30.3 Å². The van der Waals surface area contributed by atoms with E-state index in [0.717, 1.165) is 5.56 Å². The number of benzene rings is 2. The molecule has 1 heterocycles. The van der Waals surface area contributed by atoms with Crippen LogP contribution in [-0.4, -0.2) is 15.5 Å². The van der Waals surface area contributed by atoms with Gasteiger partial charge in [0.25, 0.3) is 5.56 Å². The van der Waals surface area contributed by atoms with E-state index in [0.29, 0.717) is 11.3 Å². The highest BCUT2D eigenvalue weighted by atomic mass is 16.3. The van der Waals surface area contributed by atoms with E-state index in [1.54, 1.807) is 37.4 Å². The maximum absolute atomic E-state index is 12.6. The van der Waals surface area contributed by atoms with Gasteiger partial charge in [-0.1, -0.05) is 60.7 Å². The minimum absolute atomic E-state index is 0.210. The van der Waals surface area contributed by atoms with Crippen molar-refractivity contribution in [1.82, 2.24) is 4.57 Å². The van der Waals surface area contributed by atoms with Crippen molar-refractivity contribution in [2.75, 3.05) is 0 Å². The molecule has 1 N–H and O–H groups in total. The van der Waals surface area contributed by atoms with Gasteiger partial charge in [-0.15, -0.1) is 0 Å². The number of hydrogen-bond donors (Lipinski definition) is 1. The van der Waals surface area contributed by atoms with E-state index < -0.39 is 11.3 Å². The van der Waals surface area contributed by atoms with Crippen molar-refractivity contribution < 1.29 is 9.90 Å². The van der Waals surface area contributed by atoms with E-state index in [-0.39, 0.29) is 11.3 Å². The van der Waals surface area contributed by atoms with Crippen molar-refractivity contribution >= 4 is 5.78 Å². The molecule has 3 rings (SSSR count). The number of aromatic hydroxyl groups is 1. The first-order chi connectivity index (χ1) is 11.1. The summed E-state index contributed by atoms with van der Waals surface area (Å²) in [5, 5.41) is 10.3. The Morgan fingerprint density at radius 1 is 0.957 bits per heavy atom. The maximum atomic E-state index is 12.6. The van der Waals surface area contributed by atoms with Gasteiger partial charge in [-0.3, -0.25) is 9.59 Å². The summed E-state index contributed by atoms with van der Waals surface area (Å²) in [5.41, 5.74) is 0.988. The first-order valence-electron chi connectivity index (χ1n) is 7.17. The predicted molar refractivity (Wildman–Crippen MR) is 88.7 cm³/mol. The van der Waals surface area contributed by atoms with Crippen LogP contribution in [0, 0.1) is 0 Å². The fourth-order valence-corrected chi connectivity index (χ4v) is 2.52. The van der Waals surface area contributed by atoms with Crippen LogP contribution in [0.15, 0.2) is 71.5 Å². The molecule has 0 aliphatic heterocycles. The average molecular weight is 305 g/mol. The number of nitrogens with zero attached hydrogens (tertiary/aromatic N) is 1. The molecule has 0 radical (unpaired) electrons. The zero-order chi connectivity index (χ0) is 16.4. The highest BCUT2D eigenvalue weighted by Gasteiger charge is 2.21. The highest BCUT2D eigenvalue weighted by molar-refractivity contribution is 6.10. The van der Waals surface area contributed by atoms with E-state index in [2.05, 4.69) is 0 Å². The monoisotopic (exact) mass is 305 g/mol. The maximum Gasteiger partial charge on any atom is 0.265 e. The fourth-order valence-electron chi connectivity index (χ4n) is 2.52. The lowest BCUT2D eigenvalue weighted by atomic mass is 10.0. The Kier molecular flexibility index (Phi) is 3.81. The minimum atomic E-state index is -0.516. The molecule has 0 atom stereocenters. The molecule has 0 aliphatic rings. The van der Waals surface area contributed by atoms with Gasteiger partial charge in [-0.25, -0.2) is 0 Å². The predicted octanol–water partition coefficient (Wildman–Crippen LogP) is 2.99. The molecule has 0 fully saturated rings. The van der Waals surface area contributed by atoms with Crippen LogP contribution in [0.5, 0.6) is 5.75 Å². The van der Waals surface area contributed by atoms with Crippen molar-refractivity contribution in [2.45, 2.75) is 0 Å². The number of aromatic nitrogens is 1. The molecule has 0 bridgehead atoms. The number of rotatable bonds is 3. The Hall–Kier alpha value is -3.14. The third-order valence-electron chi connectivity index (χ3n) is 3.74. The molecule has 2 aromatic carbocycles. The SMILES string of the molecule is Cn1c(-c2ccccc2)cc(O)c(C(=O)c2ccccc2)c1=O. The van der Waals surface area contributed by atoms with E-state index >= 15 is 0 Å². The molecule has 4 heteroatoms. The van der Waals surface area contributed by atoms with Gasteiger partial charge in [0, 0.05) is 18.7 Å². The van der Waals surface area contributed by atoms with Crippen molar-refractivity contribution in [2.24, 2.45) is 7.05 Å². The summed E-state index contributed by atoms with van der Waals surface area (Å²) in [6.07, 6.45) is 0. The molecule has 0 amide bonds. The van der Waals surface area contributed by atoms with Crippen molar-refractivity contribution in [3.05, 3.63) is 88.2 Å². The molecular weight excluding hydrogens is 290 g/mol. The number of carbonyl (C=O) groups excluding carboxylic acids is 1. The summed E-state index contributed by atoms with van der Waals surface area (Å²) in [6.45, 7) is 0. The second kappa shape index (κ2) is 5.93. The summed E-state index contributed by atoms with van der Waals surface area (Å²) in [5.74, 6) is -0.788. The molecule has 0 aliphatic carbocycles. The van der Waals surface area contributed by atoms with Crippen LogP contribution < -0.4 is 5.56 Å². The Morgan fingerprint density at radius 2 is 1.52 bits per heavy atom. The fraction of sp³-hybridized carbons (Fsp3) is 0.0526. The van der Waals surface area contributed by atoms with E-state index in [4.69, 9.17) is 0 Å². The molecule has 23 heavy (non-hydrogen) atoms. The molecule has 3 aromatic rings. The first kappa shape index (κ1) is 14.8. The molecule has 114 valence electrons. The van der Waals surface area contributed by atoms with Gasteiger partial charge in [0.1, 0.15) is 11.3 Å². The van der Waals surface area contributed by atoms with Crippen LogP contribution in [0.2, 0.25) is 0 Å². The van der Waals surface area contributed by atoms with Gasteiger partial charge >= 0.3 is 0 Å². The summed E-state index contributed by atoms with van der Waals surface area (Å²) in [6, 6.07) is 19.1. The summed E-state index contributed by atoms with van der Waals surface area (Å²) < 4.78 is 1.38. The van der Waals surface area contributed by atoms with Gasteiger partial charge in [0.15, 0.2) is 0 Å². The third-order valence-corrected chi connectivity index (χ3v) is 3.74. The minimum Gasteiger partial charge on any atom is -0.507 e. The Morgan fingerprint density at radius 3 is 2.13 bits per heavy atom. The molecule has 4 nitrogen and oxygen atoms in total. The number of carbonyl (C=O) groups is 1. The van der Waals surface area contributed by atoms with Gasteiger partial charge in [0.2, 0.25) is 5.78 Å². The molecule has 0 saturated heterocycles. The smallest absolute Gasteiger partial charge is 0.265 e. The van der Waals surface area contributed by atoms with Crippen LogP contribution in [0.25, 0.3) is 11.3 Å². The first-order valence-corrected chi connectivity index (χ1v) is 7.17. The zero-order valence-electron chi connectivity index (χ0n) is 12.6. The second-order valence-corrected chi connectivity index (χ2v) is 5.22. The third kappa shape index (κ3) is 2.66. The Labute approximate surface area is 133 Å². The molecule has 0 spiro atoms. The second-order valence-electron chi connectivity index (χ2n) is 5.22. The Balaban J connectivity index is 2.17. The number of pyridine rings is 1. The van der Waals surface area contributed by atoms with E-state index in [1.165, 1.54) is 10.6 Å². The zero-order valence-corrected chi connectivity index (χ0v) is 12.6. The molecular formula is C19H15NO3. The van der Waals surface area contributed by atoms with Crippen molar-refractivity contribution in [1.29, 1.82) is 0 Å². The largest absolute Gasteiger partial charge is 0.507 e. The van der Waals surface area contributed by atoms with Crippen LogP contribution in [0.3, 0.4) is 0 Å². The molecule has 1 aromatic heterocycles. The lowest BCUT2D eigenvalue weighted by molar-refractivity contribution is 0.103. The van der Waals surface area contributed by atoms with E-state index in [9.17, 15) is 14.7 Å². The van der Waals surface area contributed by atoms with Gasteiger partial charge in [0.05, 0.1) is 5.69 Å². The summed E-state index contributed by atoms with van der Waals surface area (Å²) in [4.78, 5) is 25.1.